The lowest BCUT2D eigenvalue weighted by atomic mass is 10.1. The number of hydrogen-bond donors (Lipinski definition) is 0. The number of methoxy groups -OCH3 is 1. The largest absolute Gasteiger partial charge is 0.467 e. The van der Waals surface area contributed by atoms with Gasteiger partial charge in [0.2, 0.25) is 0 Å². The van der Waals surface area contributed by atoms with Crippen molar-refractivity contribution in [3.05, 3.63) is 35.4 Å². The van der Waals surface area contributed by atoms with Crippen molar-refractivity contribution >= 4 is 22.8 Å². The quantitative estimate of drug-likeness (QED) is 0.756. The molecule has 0 aromatic heterocycles. The van der Waals surface area contributed by atoms with Crippen molar-refractivity contribution in [2.75, 3.05) is 7.11 Å². The molecular formula is C13H15NO2S. The van der Waals surface area contributed by atoms with Crippen LogP contribution in [0.5, 0.6) is 0 Å². The van der Waals surface area contributed by atoms with Crippen LogP contribution in [-0.4, -0.2) is 29.4 Å². The number of rotatable bonds is 2. The van der Waals surface area contributed by atoms with E-state index in [0.717, 1.165) is 10.6 Å². The number of esters is 1. The van der Waals surface area contributed by atoms with E-state index in [1.807, 2.05) is 26.0 Å². The van der Waals surface area contributed by atoms with Crippen LogP contribution < -0.4 is 0 Å². The number of carbonyl (C=O) groups is 1. The van der Waals surface area contributed by atoms with E-state index in [1.165, 1.54) is 12.7 Å². The maximum atomic E-state index is 11.5. The number of benzene rings is 1. The third-order valence-electron chi connectivity index (χ3n) is 2.74. The molecule has 0 N–H and O–H groups in total. The molecule has 3 nitrogen and oxygen atoms in total. The SMILES string of the molecule is COC(=O)[C@H]1N=C(c2ccc(C)cc2)S[C@@H]1C. The molecule has 1 aliphatic heterocycles. The molecule has 2 rings (SSSR count). The summed E-state index contributed by atoms with van der Waals surface area (Å²) in [6.45, 7) is 4.05. The number of hydrogen-bond acceptors (Lipinski definition) is 4. The first kappa shape index (κ1) is 12.2. The lowest BCUT2D eigenvalue weighted by molar-refractivity contribution is -0.141. The minimum atomic E-state index is -0.374. The van der Waals surface area contributed by atoms with Crippen LogP contribution in [0.4, 0.5) is 0 Å². The topological polar surface area (TPSA) is 38.7 Å². The van der Waals surface area contributed by atoms with Gasteiger partial charge < -0.3 is 4.74 Å². The molecule has 0 fully saturated rings. The van der Waals surface area contributed by atoms with Crippen LogP contribution in [0.2, 0.25) is 0 Å². The average molecular weight is 249 g/mol. The van der Waals surface area contributed by atoms with E-state index in [0.29, 0.717) is 0 Å². The summed E-state index contributed by atoms with van der Waals surface area (Å²) in [6.07, 6.45) is 0. The summed E-state index contributed by atoms with van der Waals surface area (Å²) in [4.78, 5) is 16.0. The van der Waals surface area contributed by atoms with Crippen molar-refractivity contribution < 1.29 is 9.53 Å². The maximum absolute atomic E-state index is 11.5. The Bertz CT molecular complexity index is 453. The first-order valence-corrected chi connectivity index (χ1v) is 6.39. The summed E-state index contributed by atoms with van der Waals surface area (Å²) >= 11 is 1.63. The highest BCUT2D eigenvalue weighted by Gasteiger charge is 2.33. The van der Waals surface area contributed by atoms with Crippen LogP contribution in [0.1, 0.15) is 18.1 Å². The van der Waals surface area contributed by atoms with E-state index in [9.17, 15) is 4.79 Å². The molecule has 4 heteroatoms. The molecule has 1 aromatic carbocycles. The zero-order valence-electron chi connectivity index (χ0n) is 10.1. The summed E-state index contributed by atoms with van der Waals surface area (Å²) in [5.74, 6) is -0.257. The normalized spacial score (nSPS) is 23.4. The highest BCUT2D eigenvalue weighted by atomic mass is 32.2. The van der Waals surface area contributed by atoms with Crippen molar-refractivity contribution in [3.8, 4) is 0 Å². The van der Waals surface area contributed by atoms with E-state index >= 15 is 0 Å². The first-order chi connectivity index (χ1) is 8.11. The Morgan fingerprint density at radius 2 is 2.00 bits per heavy atom. The lowest BCUT2D eigenvalue weighted by Crippen LogP contribution is -2.26. The molecular weight excluding hydrogens is 234 g/mol. The highest BCUT2D eigenvalue weighted by Crippen LogP contribution is 2.30. The second-order valence-electron chi connectivity index (χ2n) is 4.09. The third kappa shape index (κ3) is 2.52. The minimum Gasteiger partial charge on any atom is -0.467 e. The molecule has 0 spiro atoms. The standard InChI is InChI=1S/C13H15NO2S/c1-8-4-6-10(7-5-8)12-14-11(9(2)17-12)13(15)16-3/h4-7,9,11H,1-3H3/t9-,11+/m1/s1. The Morgan fingerprint density at radius 3 is 2.59 bits per heavy atom. The molecule has 0 aliphatic carbocycles. The molecule has 0 amide bonds. The van der Waals surface area contributed by atoms with Gasteiger partial charge in [-0.3, -0.25) is 4.99 Å². The minimum absolute atomic E-state index is 0.138. The fourth-order valence-corrected chi connectivity index (χ4v) is 2.81. The zero-order valence-corrected chi connectivity index (χ0v) is 11.0. The van der Waals surface area contributed by atoms with Gasteiger partial charge in [-0.05, 0) is 6.92 Å². The summed E-state index contributed by atoms with van der Waals surface area (Å²) in [5, 5.41) is 1.06. The highest BCUT2D eigenvalue weighted by molar-refractivity contribution is 8.15. The second kappa shape index (κ2) is 4.92. The predicted octanol–water partition coefficient (Wildman–Crippen LogP) is 2.42. The number of nitrogens with zero attached hydrogens (tertiary/aromatic N) is 1. The van der Waals surface area contributed by atoms with Gasteiger partial charge in [0.15, 0.2) is 6.04 Å². The molecule has 0 saturated carbocycles. The molecule has 0 bridgehead atoms. The molecule has 2 atom stereocenters. The number of aliphatic imine (C=N–C) groups is 1. The van der Waals surface area contributed by atoms with Gasteiger partial charge in [0.1, 0.15) is 0 Å². The maximum Gasteiger partial charge on any atom is 0.331 e. The Labute approximate surface area is 105 Å². The summed E-state index contributed by atoms with van der Waals surface area (Å²) in [7, 11) is 1.40. The van der Waals surface area contributed by atoms with Gasteiger partial charge in [-0.1, -0.05) is 36.8 Å². The molecule has 0 saturated heterocycles. The molecule has 0 radical (unpaired) electrons. The number of ether oxygens (including phenoxy) is 1. The van der Waals surface area contributed by atoms with Crippen molar-refractivity contribution in [2.45, 2.75) is 25.1 Å². The van der Waals surface area contributed by atoms with E-state index < -0.39 is 0 Å². The fraction of sp³-hybridized carbons (Fsp3) is 0.385. The lowest BCUT2D eigenvalue weighted by Gasteiger charge is -2.08. The number of aryl methyl sites for hydroxylation is 1. The molecule has 90 valence electrons. The van der Waals surface area contributed by atoms with Gasteiger partial charge in [-0.2, -0.15) is 0 Å². The van der Waals surface area contributed by atoms with Crippen LogP contribution in [0.25, 0.3) is 0 Å². The van der Waals surface area contributed by atoms with Gasteiger partial charge in [0.25, 0.3) is 0 Å². The van der Waals surface area contributed by atoms with Crippen LogP contribution in [0, 0.1) is 6.92 Å². The van der Waals surface area contributed by atoms with Gasteiger partial charge in [0, 0.05) is 10.8 Å². The smallest absolute Gasteiger partial charge is 0.331 e. The van der Waals surface area contributed by atoms with Gasteiger partial charge >= 0.3 is 5.97 Å². The second-order valence-corrected chi connectivity index (χ2v) is 5.46. The molecule has 17 heavy (non-hydrogen) atoms. The first-order valence-electron chi connectivity index (χ1n) is 5.51. The molecule has 1 aliphatic rings. The molecule has 1 aromatic rings. The van der Waals surface area contributed by atoms with Crippen LogP contribution in [0.3, 0.4) is 0 Å². The van der Waals surface area contributed by atoms with E-state index in [-0.39, 0.29) is 17.3 Å². The monoisotopic (exact) mass is 249 g/mol. The van der Waals surface area contributed by atoms with E-state index in [1.54, 1.807) is 11.8 Å². The van der Waals surface area contributed by atoms with Gasteiger partial charge in [-0.25, -0.2) is 4.79 Å². The van der Waals surface area contributed by atoms with E-state index in [2.05, 4.69) is 17.1 Å². The van der Waals surface area contributed by atoms with Crippen LogP contribution >= 0.6 is 11.8 Å². The van der Waals surface area contributed by atoms with Crippen molar-refractivity contribution in [1.82, 2.24) is 0 Å². The fourth-order valence-electron chi connectivity index (χ4n) is 1.71. The Hall–Kier alpha value is -1.29. The Kier molecular flexibility index (Phi) is 3.52. The van der Waals surface area contributed by atoms with Crippen molar-refractivity contribution in [2.24, 2.45) is 4.99 Å². The zero-order chi connectivity index (χ0) is 12.4. The number of thioether (sulfide) groups is 1. The average Bonchev–Trinajstić information content (AvgIpc) is 2.71. The molecule has 1 heterocycles. The van der Waals surface area contributed by atoms with E-state index in [4.69, 9.17) is 4.74 Å². The van der Waals surface area contributed by atoms with Crippen LogP contribution in [0.15, 0.2) is 29.3 Å². The Balaban J connectivity index is 2.23. The van der Waals surface area contributed by atoms with Crippen molar-refractivity contribution in [1.29, 1.82) is 0 Å². The summed E-state index contributed by atoms with van der Waals surface area (Å²) in [6, 6.07) is 7.80. The van der Waals surface area contributed by atoms with Crippen molar-refractivity contribution in [3.63, 3.8) is 0 Å². The number of carbonyl (C=O) groups excluding carboxylic acids is 1. The summed E-state index contributed by atoms with van der Waals surface area (Å²) < 4.78 is 4.75. The predicted molar refractivity (Wildman–Crippen MR) is 70.6 cm³/mol. The van der Waals surface area contributed by atoms with Gasteiger partial charge in [0.05, 0.1) is 12.2 Å². The van der Waals surface area contributed by atoms with Gasteiger partial charge in [-0.15, -0.1) is 11.8 Å². The molecule has 0 unspecified atom stereocenters. The summed E-state index contributed by atoms with van der Waals surface area (Å²) in [5.41, 5.74) is 2.29. The van der Waals surface area contributed by atoms with Crippen LogP contribution in [-0.2, 0) is 9.53 Å². The third-order valence-corrected chi connectivity index (χ3v) is 3.93. The Morgan fingerprint density at radius 1 is 1.35 bits per heavy atom.